The van der Waals surface area contributed by atoms with Crippen molar-refractivity contribution in [3.8, 4) is 5.75 Å². The maximum absolute atomic E-state index is 12.3. The Kier molecular flexibility index (Phi) is 13.3. The van der Waals surface area contributed by atoms with E-state index < -0.39 is 55.1 Å². The molecule has 0 aliphatic carbocycles. The molecule has 0 unspecified atom stereocenters. The fourth-order valence-electron chi connectivity index (χ4n) is 3.38. The van der Waals surface area contributed by atoms with Crippen LogP contribution >= 0.6 is 0 Å². The molecule has 1 aromatic carbocycles. The van der Waals surface area contributed by atoms with Crippen molar-refractivity contribution in [1.29, 1.82) is 0 Å². The topological polar surface area (TPSA) is 234 Å². The zero-order chi connectivity index (χ0) is 30.2. The van der Waals surface area contributed by atoms with Crippen molar-refractivity contribution in [3.63, 3.8) is 0 Å². The largest absolute Gasteiger partial charge is 0.487 e. The molecule has 0 aliphatic rings. The quantitative estimate of drug-likeness (QED) is 0.123. The average molecular weight is 582 g/mol. The summed E-state index contributed by atoms with van der Waals surface area (Å²) in [7, 11) is 0. The van der Waals surface area contributed by atoms with E-state index >= 15 is 0 Å². The van der Waals surface area contributed by atoms with Gasteiger partial charge in [-0.3, -0.25) is 4.79 Å². The summed E-state index contributed by atoms with van der Waals surface area (Å²) in [6.07, 6.45) is 1.43. The van der Waals surface area contributed by atoms with Crippen LogP contribution in [-0.4, -0.2) is 85.6 Å². The molecule has 7 N–H and O–H groups in total. The second-order valence-electron chi connectivity index (χ2n) is 8.68. The zero-order valence-electron chi connectivity index (χ0n) is 21.9. The van der Waals surface area contributed by atoms with Crippen LogP contribution in [0.15, 0.2) is 30.5 Å². The number of unbranched alkanes of at least 4 members (excludes halogenated alkanes) is 1. The SMILES string of the molecule is O=C(O)CC[C@H](NC(=O)N[C@@H](CCCCNC(=O)Nc1ccc(OCc2cn(CCF)nn2)cc1)C(=O)O)C(=O)O. The smallest absolute Gasteiger partial charge is 0.326 e. The summed E-state index contributed by atoms with van der Waals surface area (Å²) in [5.41, 5.74) is 1.03. The van der Waals surface area contributed by atoms with Crippen LogP contribution < -0.4 is 26.0 Å². The van der Waals surface area contributed by atoms with Gasteiger partial charge in [0.15, 0.2) is 0 Å². The highest BCUT2D eigenvalue weighted by molar-refractivity contribution is 5.89. The molecular formula is C24H32FN7O9. The van der Waals surface area contributed by atoms with Crippen LogP contribution in [0.4, 0.5) is 19.7 Å². The third-order valence-electron chi connectivity index (χ3n) is 5.46. The number of aryl methyl sites for hydroxylation is 1. The van der Waals surface area contributed by atoms with Crippen LogP contribution in [0.2, 0.25) is 0 Å². The van der Waals surface area contributed by atoms with Crippen molar-refractivity contribution in [1.82, 2.24) is 30.9 Å². The summed E-state index contributed by atoms with van der Waals surface area (Å²) in [5.74, 6) is -3.50. The number of halogens is 1. The molecule has 41 heavy (non-hydrogen) atoms. The van der Waals surface area contributed by atoms with Crippen LogP contribution in [0.3, 0.4) is 0 Å². The first kappa shape index (κ1) is 32.3. The molecule has 16 nitrogen and oxygen atoms in total. The lowest BCUT2D eigenvalue weighted by Crippen LogP contribution is -2.51. The Morgan fingerprint density at radius 3 is 2.20 bits per heavy atom. The number of carboxylic acid groups (broad SMARTS) is 3. The van der Waals surface area contributed by atoms with E-state index in [1.165, 1.54) is 4.68 Å². The van der Waals surface area contributed by atoms with Crippen molar-refractivity contribution in [2.45, 2.75) is 57.3 Å². The van der Waals surface area contributed by atoms with Crippen LogP contribution in [0, 0.1) is 0 Å². The number of amides is 4. The first-order valence-electron chi connectivity index (χ1n) is 12.5. The van der Waals surface area contributed by atoms with Crippen LogP contribution in [0.5, 0.6) is 5.75 Å². The van der Waals surface area contributed by atoms with Gasteiger partial charge in [0, 0.05) is 18.7 Å². The molecule has 1 heterocycles. The molecule has 0 fully saturated rings. The third-order valence-corrected chi connectivity index (χ3v) is 5.46. The fraction of sp³-hybridized carbons (Fsp3) is 0.458. The maximum Gasteiger partial charge on any atom is 0.326 e. The van der Waals surface area contributed by atoms with Gasteiger partial charge in [-0.15, -0.1) is 5.10 Å². The summed E-state index contributed by atoms with van der Waals surface area (Å²) < 4.78 is 19.3. The molecule has 4 amide bonds. The molecule has 0 bridgehead atoms. The highest BCUT2D eigenvalue weighted by Crippen LogP contribution is 2.16. The van der Waals surface area contributed by atoms with E-state index in [-0.39, 0.29) is 32.5 Å². The van der Waals surface area contributed by atoms with Gasteiger partial charge in [-0.2, -0.15) is 0 Å². The number of hydrogen-bond acceptors (Lipinski definition) is 8. The van der Waals surface area contributed by atoms with E-state index in [9.17, 15) is 33.5 Å². The number of ether oxygens (including phenoxy) is 1. The summed E-state index contributed by atoms with van der Waals surface area (Å²) in [5, 5.41) is 44.2. The van der Waals surface area contributed by atoms with E-state index in [0.717, 1.165) is 0 Å². The summed E-state index contributed by atoms with van der Waals surface area (Å²) in [6, 6.07) is 2.18. The first-order valence-corrected chi connectivity index (χ1v) is 12.5. The Bertz CT molecular complexity index is 1180. The van der Waals surface area contributed by atoms with Gasteiger partial charge in [0.1, 0.15) is 36.8 Å². The molecule has 17 heteroatoms. The first-order chi connectivity index (χ1) is 19.6. The Morgan fingerprint density at radius 1 is 0.927 bits per heavy atom. The summed E-state index contributed by atoms with van der Waals surface area (Å²) in [4.78, 5) is 57.4. The van der Waals surface area contributed by atoms with Gasteiger partial charge < -0.3 is 41.3 Å². The maximum atomic E-state index is 12.3. The number of nitrogens with zero attached hydrogens (tertiary/aromatic N) is 3. The van der Waals surface area contributed by atoms with Gasteiger partial charge in [0.25, 0.3) is 0 Å². The van der Waals surface area contributed by atoms with Crippen molar-refractivity contribution in [2.24, 2.45) is 0 Å². The van der Waals surface area contributed by atoms with Gasteiger partial charge in [-0.25, -0.2) is 28.3 Å². The lowest BCUT2D eigenvalue weighted by molar-refractivity contribution is -0.140. The number of carboxylic acids is 3. The minimum absolute atomic E-state index is 0.00648. The molecule has 0 aliphatic heterocycles. The molecular weight excluding hydrogens is 549 g/mol. The number of nitrogens with one attached hydrogen (secondary N) is 4. The predicted molar refractivity (Wildman–Crippen MR) is 139 cm³/mol. The Hall–Kier alpha value is -4.96. The molecule has 0 spiro atoms. The van der Waals surface area contributed by atoms with Crippen LogP contribution in [0.25, 0.3) is 0 Å². The Balaban J connectivity index is 1.67. The van der Waals surface area contributed by atoms with E-state index in [4.69, 9.17) is 14.9 Å². The minimum Gasteiger partial charge on any atom is -0.487 e. The molecule has 2 aromatic rings. The van der Waals surface area contributed by atoms with Gasteiger partial charge in [-0.1, -0.05) is 5.21 Å². The van der Waals surface area contributed by atoms with Gasteiger partial charge in [0.05, 0.1) is 12.7 Å². The van der Waals surface area contributed by atoms with Gasteiger partial charge >= 0.3 is 30.0 Å². The number of carbonyl (C=O) groups is 5. The van der Waals surface area contributed by atoms with Crippen LogP contribution in [-0.2, 0) is 27.5 Å². The van der Waals surface area contributed by atoms with E-state index in [1.807, 2.05) is 0 Å². The standard InChI is InChI=1S/C24H32FN7O9/c25-10-12-32-13-16(30-31-32)14-41-17-6-4-15(5-7-17)27-23(39)26-11-2-1-3-18(21(35)36)28-24(40)29-19(22(37)38)8-9-20(33)34/h4-7,13,18-19H,1-3,8-12,14H2,(H,33,34)(H,35,36)(H,37,38)(H2,26,27,39)(H2,28,29,40)/t18-,19-/m0/s1. The van der Waals surface area contributed by atoms with Gasteiger partial charge in [0.2, 0.25) is 0 Å². The van der Waals surface area contributed by atoms with Crippen LogP contribution in [0.1, 0.15) is 37.8 Å². The molecule has 2 atom stereocenters. The number of alkyl halides is 1. The normalized spacial score (nSPS) is 12.0. The number of carbonyl (C=O) groups excluding carboxylic acids is 2. The van der Waals surface area contributed by atoms with E-state index in [2.05, 4.69) is 31.6 Å². The lowest BCUT2D eigenvalue weighted by Gasteiger charge is -2.18. The van der Waals surface area contributed by atoms with Crippen molar-refractivity contribution >= 4 is 35.7 Å². The minimum atomic E-state index is -1.49. The average Bonchev–Trinajstić information content (AvgIpc) is 3.37. The molecule has 1 aromatic heterocycles. The molecule has 2 rings (SSSR count). The summed E-state index contributed by atoms with van der Waals surface area (Å²) >= 11 is 0. The lowest BCUT2D eigenvalue weighted by atomic mass is 10.1. The highest BCUT2D eigenvalue weighted by Gasteiger charge is 2.24. The number of benzene rings is 1. The Morgan fingerprint density at radius 2 is 1.59 bits per heavy atom. The molecule has 224 valence electrons. The van der Waals surface area contributed by atoms with E-state index in [1.54, 1.807) is 30.5 Å². The third kappa shape index (κ3) is 12.6. The predicted octanol–water partition coefficient (Wildman–Crippen LogP) is 1.19. The van der Waals surface area contributed by atoms with Crippen molar-refractivity contribution in [2.75, 3.05) is 18.5 Å². The molecule has 0 saturated heterocycles. The second-order valence-corrected chi connectivity index (χ2v) is 8.68. The molecule has 0 saturated carbocycles. The fourth-order valence-corrected chi connectivity index (χ4v) is 3.38. The van der Waals surface area contributed by atoms with E-state index in [0.29, 0.717) is 30.0 Å². The summed E-state index contributed by atoms with van der Waals surface area (Å²) in [6.45, 7) is -0.0844. The van der Waals surface area contributed by atoms with Gasteiger partial charge in [-0.05, 0) is 49.9 Å². The number of aromatic nitrogens is 3. The zero-order valence-corrected chi connectivity index (χ0v) is 21.9. The number of anilines is 1. The number of rotatable bonds is 18. The number of hydrogen-bond donors (Lipinski definition) is 7. The van der Waals surface area contributed by atoms with Crippen molar-refractivity contribution < 1.29 is 48.4 Å². The second kappa shape index (κ2) is 16.9. The number of urea groups is 2. The molecule has 0 radical (unpaired) electrons. The number of aliphatic carboxylic acids is 3. The Labute approximate surface area is 233 Å². The monoisotopic (exact) mass is 581 g/mol. The van der Waals surface area contributed by atoms with Crippen molar-refractivity contribution in [3.05, 3.63) is 36.2 Å². The highest BCUT2D eigenvalue weighted by atomic mass is 19.1.